The van der Waals surface area contributed by atoms with Gasteiger partial charge < -0.3 is 71.5 Å². The molecule has 0 bridgehead atoms. The van der Waals surface area contributed by atoms with Gasteiger partial charge >= 0.3 is 155 Å². The summed E-state index contributed by atoms with van der Waals surface area (Å²) in [7, 11) is -9.47. The molecule has 0 aliphatic carbocycles. The fraction of sp³-hybridized carbons (Fsp3) is 0.444. The van der Waals surface area contributed by atoms with Gasteiger partial charge in [-0.2, -0.15) is 0 Å². The second-order valence-corrected chi connectivity index (χ2v) is 15.0. The van der Waals surface area contributed by atoms with Crippen molar-refractivity contribution in [1.82, 2.24) is 4.48 Å². The Bertz CT molecular complexity index is 1890. The molecule has 1 aliphatic heterocycles. The van der Waals surface area contributed by atoms with E-state index >= 15 is 0 Å². The number of hydrogen-bond donors (Lipinski definition) is 0. The molecule has 0 radical (unpaired) electrons. The number of nitrogens with zero attached hydrogens (tertiary/aromatic N) is 2. The summed E-state index contributed by atoms with van der Waals surface area (Å²) in [5, 5.41) is 11.5. The Kier molecular flexibility index (Phi) is 37.9. The summed E-state index contributed by atoms with van der Waals surface area (Å²) in [5.41, 5.74) is 6.49. The van der Waals surface area contributed by atoms with Crippen molar-refractivity contribution in [2.45, 2.75) is 27.7 Å². The first kappa shape index (κ1) is 65.6. The smallest absolute Gasteiger partial charge is 0.809 e. The van der Waals surface area contributed by atoms with Crippen LogP contribution in [0.1, 0.15) is 46.7 Å². The average Bonchev–Trinajstić information content (AvgIpc) is 3.59. The normalized spacial score (nSPS) is 12.6. The van der Waals surface area contributed by atoms with Crippen LogP contribution in [0.5, 0.6) is 0 Å². The Morgan fingerprint density at radius 3 is 1.50 bits per heavy atom. The molecule has 1 aromatic heterocycles. The van der Waals surface area contributed by atoms with Crippen molar-refractivity contribution in [2.24, 2.45) is 4.99 Å². The van der Waals surface area contributed by atoms with Gasteiger partial charge in [0.25, 0.3) is 0 Å². The molecule has 0 amide bonds. The van der Waals surface area contributed by atoms with E-state index in [9.17, 15) is 38.6 Å². The molecule has 0 unspecified atom stereocenters. The van der Waals surface area contributed by atoms with Crippen LogP contribution in [-0.4, -0.2) is 102 Å². The maximum atomic E-state index is 11.5. The number of carboxylic acid groups (broad SMARTS) is 1. The van der Waals surface area contributed by atoms with Crippen LogP contribution in [0.15, 0.2) is 52.7 Å². The van der Waals surface area contributed by atoms with Crippen LogP contribution in [0.3, 0.4) is 0 Å². The zero-order chi connectivity index (χ0) is 40.4. The molecule has 60 heavy (non-hydrogen) atoms. The number of carbonyl (C=O) groups is 1. The third-order valence-corrected chi connectivity index (χ3v) is 8.46. The number of aromatic nitrogens is 1. The third-order valence-electron chi connectivity index (χ3n) is 7.46. The molecule has 0 N–H and O–H groups in total. The molecular weight excluding hydrogens is 872 g/mol. The fourth-order valence-corrected chi connectivity index (χ4v) is 5.98. The molecular formula is C36H42BN2Na5O14P2. The van der Waals surface area contributed by atoms with Gasteiger partial charge in [-0.25, -0.2) is 0 Å². The molecule has 24 heteroatoms. The second-order valence-electron chi connectivity index (χ2n) is 12.0. The standard InChI is InChI=1S/C36H47BN2O14P2.5Na/c1-27-23-29(3)38-34(27)33(31-7-9-32(10-8-31)36(40)41)35-28(2)24-30(4)39(35)37(11-5-13-48-15-17-50-19-21-52-25-54(42,43)44)12-6-14-49-16-18-51-20-22-53-26-55(45,46)47;;;;;/h7-10,23-24H,13-22,25-26H2,1-4H3,(H,40,41)(H2,42,43,44)(H2,45,46,47);;;;;/q;5*+1/p-5/b34-33-;;;;;. The number of hydrogen-bond acceptors (Lipinski definition) is 15. The zero-order valence-corrected chi connectivity index (χ0v) is 47.8. The predicted octanol–water partition coefficient (Wildman–Crippen LogP) is -15.6. The predicted molar refractivity (Wildman–Crippen MR) is 194 cm³/mol. The molecule has 3 rings (SSSR count). The number of carboxylic acids is 1. The van der Waals surface area contributed by atoms with E-state index in [-0.39, 0.29) is 219 Å². The van der Waals surface area contributed by atoms with E-state index in [0.29, 0.717) is 5.70 Å². The van der Waals surface area contributed by atoms with E-state index in [4.69, 9.17) is 33.4 Å². The minimum atomic E-state index is -4.73. The maximum Gasteiger partial charge on any atom is 1.00 e. The molecule has 0 atom stereocenters. The monoisotopic (exact) mass is 914 g/mol. The number of carbonyl (C=O) groups excluding carboxylic acids is 1. The van der Waals surface area contributed by atoms with Gasteiger partial charge in [0.15, 0.2) is 0 Å². The summed E-state index contributed by atoms with van der Waals surface area (Å²) in [5.74, 6) is 11.1. The van der Waals surface area contributed by atoms with E-state index in [1.165, 1.54) is 12.1 Å². The number of allylic oxidation sites excluding steroid dienone is 2. The topological polar surface area (TPSA) is 239 Å². The van der Waals surface area contributed by atoms with E-state index in [2.05, 4.69) is 23.5 Å². The van der Waals surface area contributed by atoms with Crippen LogP contribution in [-0.2, 0) is 37.6 Å². The van der Waals surface area contributed by atoms with Crippen molar-refractivity contribution < 1.29 is 215 Å². The molecule has 1 aliphatic rings. The minimum Gasteiger partial charge on any atom is -0.809 e. The summed E-state index contributed by atoms with van der Waals surface area (Å²) in [6.45, 7) is 7.84. The van der Waals surface area contributed by atoms with Crippen molar-refractivity contribution >= 4 is 39.3 Å². The molecule has 2 heterocycles. The van der Waals surface area contributed by atoms with Crippen molar-refractivity contribution in [3.63, 3.8) is 0 Å². The fourth-order valence-electron chi connectivity index (χ4n) is 5.27. The molecule has 0 saturated carbocycles. The van der Waals surface area contributed by atoms with E-state index in [1.54, 1.807) is 12.1 Å². The third kappa shape index (κ3) is 25.3. The van der Waals surface area contributed by atoms with Gasteiger partial charge in [-0.1, -0.05) is 36.1 Å². The molecule has 0 fully saturated rings. The average molecular weight is 914 g/mol. The summed E-state index contributed by atoms with van der Waals surface area (Å²) < 4.78 is 54.6. The van der Waals surface area contributed by atoms with E-state index < -0.39 is 40.7 Å². The van der Waals surface area contributed by atoms with Crippen LogP contribution in [0.25, 0.3) is 5.57 Å². The second kappa shape index (κ2) is 34.6. The van der Waals surface area contributed by atoms with Gasteiger partial charge in [-0.3, -0.25) is 4.99 Å². The Hall–Kier alpha value is 1.36. The van der Waals surface area contributed by atoms with Gasteiger partial charge in [-0.05, 0) is 77.3 Å². The quantitative estimate of drug-likeness (QED) is 0.0462. The number of aromatic carboxylic acids is 1. The van der Waals surface area contributed by atoms with Crippen molar-refractivity contribution in [2.75, 3.05) is 78.8 Å². The molecule has 16 nitrogen and oxygen atoms in total. The Balaban J connectivity index is -0.00000650. The molecule has 0 saturated heterocycles. The first-order chi connectivity index (χ1) is 26.1. The van der Waals surface area contributed by atoms with Gasteiger partial charge in [0.05, 0.1) is 77.2 Å². The first-order valence-electron chi connectivity index (χ1n) is 17.0. The Morgan fingerprint density at radius 1 is 0.683 bits per heavy atom. The largest absolute Gasteiger partial charge is 1.00 e. The first-order valence-corrected chi connectivity index (χ1v) is 20.5. The summed E-state index contributed by atoms with van der Waals surface area (Å²) in [6, 6.07) is 8.40. The molecule has 298 valence electrons. The van der Waals surface area contributed by atoms with Gasteiger partial charge in [0.2, 0.25) is 0 Å². The van der Waals surface area contributed by atoms with Crippen LogP contribution in [0.2, 0.25) is 0 Å². The van der Waals surface area contributed by atoms with Crippen LogP contribution >= 0.6 is 15.2 Å². The Labute approximate surface area is 463 Å². The Morgan fingerprint density at radius 2 is 1.10 bits per heavy atom. The van der Waals surface area contributed by atoms with Crippen LogP contribution in [0, 0.1) is 37.3 Å². The van der Waals surface area contributed by atoms with Gasteiger partial charge in [-0.15, -0.1) is 11.6 Å². The summed E-state index contributed by atoms with van der Waals surface area (Å²) >= 11 is 0. The number of aliphatic imine (C=N–C) groups is 1. The van der Waals surface area contributed by atoms with Gasteiger partial charge in [0, 0.05) is 22.7 Å². The number of benzene rings is 1. The molecule has 1 aromatic carbocycles. The summed E-state index contributed by atoms with van der Waals surface area (Å²) in [4.78, 5) is 58.9. The minimum absolute atomic E-state index is 0. The van der Waals surface area contributed by atoms with E-state index in [0.717, 1.165) is 39.4 Å². The van der Waals surface area contributed by atoms with Crippen molar-refractivity contribution in [3.8, 4) is 23.5 Å². The van der Waals surface area contributed by atoms with Crippen LogP contribution in [0.4, 0.5) is 0 Å². The van der Waals surface area contributed by atoms with Gasteiger partial charge in [0.1, 0.15) is 13.2 Å². The van der Waals surface area contributed by atoms with E-state index in [1.807, 2.05) is 44.3 Å². The van der Waals surface area contributed by atoms with Crippen molar-refractivity contribution in [3.05, 3.63) is 75.8 Å². The number of rotatable bonds is 22. The van der Waals surface area contributed by atoms with Crippen molar-refractivity contribution in [1.29, 1.82) is 0 Å². The number of aryl methyl sites for hydroxylation is 2. The SMILES string of the molecule is CC1=CC(C)=N/C1=C(/c1ccc(C(=O)[O-])cc1)c1c(C)cc(C)n1B(C#CCOCCOCCOCP(=O)([O-])[O-])C#CCOCCOCCOCP(=O)([O-])[O-].[Na+].[Na+].[Na+].[Na+].[Na+]. The number of ether oxygens (including phenoxy) is 6. The zero-order valence-electron chi connectivity index (χ0n) is 36.0. The maximum absolute atomic E-state index is 11.5. The van der Waals surface area contributed by atoms with Crippen LogP contribution < -0.4 is 172 Å². The summed E-state index contributed by atoms with van der Waals surface area (Å²) in [6.07, 6.45) is 0.169. The molecule has 2 aromatic rings. The molecule has 0 spiro atoms.